The summed E-state index contributed by atoms with van der Waals surface area (Å²) in [5.41, 5.74) is 0.307. The van der Waals surface area contributed by atoms with Gasteiger partial charge in [-0.25, -0.2) is 4.79 Å². The Kier molecular flexibility index (Phi) is 3.55. The smallest absolute Gasteiger partial charge is 0.338 e. The lowest BCUT2D eigenvalue weighted by atomic mass is 10.3. The van der Waals surface area contributed by atoms with Crippen LogP contribution in [0.4, 0.5) is 0 Å². The predicted molar refractivity (Wildman–Crippen MR) is 56.9 cm³/mol. The average molecular weight is 231 g/mol. The first-order valence-electron chi connectivity index (χ1n) is 3.84. The first kappa shape index (κ1) is 11.1. The summed E-state index contributed by atoms with van der Waals surface area (Å²) in [5.74, 6) is -0.277. The lowest BCUT2D eigenvalue weighted by Gasteiger charge is -2.06. The highest BCUT2D eigenvalue weighted by Crippen LogP contribution is 2.31. The molecule has 2 nitrogen and oxygen atoms in total. The molecule has 0 radical (unpaired) electrons. The monoisotopic (exact) mass is 230 g/mol. The molecule has 1 rings (SSSR count). The first-order valence-corrected chi connectivity index (χ1v) is 4.59. The van der Waals surface area contributed by atoms with E-state index in [1.807, 2.05) is 0 Å². The van der Waals surface area contributed by atoms with Crippen molar-refractivity contribution in [2.45, 2.75) is 6.92 Å². The molecular weight excluding hydrogens is 223 g/mol. The molecule has 0 aromatic heterocycles. The van der Waals surface area contributed by atoms with Gasteiger partial charge in [-0.1, -0.05) is 35.8 Å². The van der Waals surface area contributed by atoms with Crippen LogP contribution < -0.4 is 4.74 Å². The Balaban J connectivity index is 2.93. The summed E-state index contributed by atoms with van der Waals surface area (Å²) in [6.45, 7) is 5.01. The molecule has 0 aliphatic carbocycles. The van der Waals surface area contributed by atoms with Crippen LogP contribution in [-0.4, -0.2) is 5.97 Å². The van der Waals surface area contributed by atoms with Gasteiger partial charge in [0.15, 0.2) is 5.75 Å². The highest BCUT2D eigenvalue weighted by Gasteiger charge is 2.10. The molecule has 74 valence electrons. The zero-order valence-electron chi connectivity index (χ0n) is 7.51. The molecule has 0 unspecified atom stereocenters. The van der Waals surface area contributed by atoms with Gasteiger partial charge in [-0.05, 0) is 19.1 Å². The van der Waals surface area contributed by atoms with Crippen molar-refractivity contribution in [1.82, 2.24) is 0 Å². The highest BCUT2D eigenvalue weighted by molar-refractivity contribution is 6.43. The molecule has 0 fully saturated rings. The molecule has 0 heterocycles. The van der Waals surface area contributed by atoms with Crippen LogP contribution in [0.5, 0.6) is 5.75 Å². The van der Waals surface area contributed by atoms with Crippen LogP contribution in [0.3, 0.4) is 0 Å². The summed E-state index contributed by atoms with van der Waals surface area (Å²) in [5, 5.41) is 0.572. The highest BCUT2D eigenvalue weighted by atomic mass is 35.5. The number of esters is 1. The minimum atomic E-state index is -0.519. The van der Waals surface area contributed by atoms with Crippen LogP contribution in [0.15, 0.2) is 30.4 Å². The summed E-state index contributed by atoms with van der Waals surface area (Å²) in [7, 11) is 0. The third-order valence-electron chi connectivity index (χ3n) is 1.47. The molecule has 4 heteroatoms. The number of hydrogen-bond acceptors (Lipinski definition) is 2. The number of carbonyl (C=O) groups excluding carboxylic acids is 1. The molecule has 0 N–H and O–H groups in total. The van der Waals surface area contributed by atoms with Crippen LogP contribution in [0.25, 0.3) is 0 Å². The van der Waals surface area contributed by atoms with Crippen molar-refractivity contribution in [3.05, 3.63) is 40.4 Å². The average Bonchev–Trinajstić information content (AvgIpc) is 2.12. The number of carbonyl (C=O) groups is 1. The van der Waals surface area contributed by atoms with Crippen molar-refractivity contribution in [2.24, 2.45) is 0 Å². The van der Waals surface area contributed by atoms with Gasteiger partial charge in [-0.3, -0.25) is 0 Å². The Morgan fingerprint density at radius 2 is 2.07 bits per heavy atom. The molecule has 0 amide bonds. The zero-order valence-corrected chi connectivity index (χ0v) is 9.02. The van der Waals surface area contributed by atoms with Crippen LogP contribution in [0.2, 0.25) is 10.0 Å². The van der Waals surface area contributed by atoms with Crippen molar-refractivity contribution < 1.29 is 9.53 Å². The summed E-state index contributed by atoms with van der Waals surface area (Å²) >= 11 is 11.5. The second-order valence-corrected chi connectivity index (χ2v) is 3.51. The summed E-state index contributed by atoms with van der Waals surface area (Å²) in [6.07, 6.45) is 0. The SMILES string of the molecule is C=C(C)C(=O)Oc1cccc(Cl)c1Cl. The van der Waals surface area contributed by atoms with Crippen molar-refractivity contribution in [3.8, 4) is 5.75 Å². The second-order valence-electron chi connectivity index (χ2n) is 2.72. The third-order valence-corrected chi connectivity index (χ3v) is 2.27. The summed E-state index contributed by atoms with van der Waals surface area (Å²) in [4.78, 5) is 11.2. The fourth-order valence-corrected chi connectivity index (χ4v) is 1.08. The van der Waals surface area contributed by atoms with E-state index in [1.165, 1.54) is 0 Å². The van der Waals surface area contributed by atoms with E-state index in [4.69, 9.17) is 27.9 Å². The van der Waals surface area contributed by atoms with Gasteiger partial charge in [-0.15, -0.1) is 0 Å². The molecule has 0 saturated heterocycles. The predicted octanol–water partition coefficient (Wildman–Crippen LogP) is 3.47. The Bertz CT molecular complexity index is 386. The van der Waals surface area contributed by atoms with E-state index >= 15 is 0 Å². The molecule has 0 spiro atoms. The molecule has 0 saturated carbocycles. The molecule has 0 aliphatic rings. The Morgan fingerprint density at radius 1 is 1.43 bits per heavy atom. The van der Waals surface area contributed by atoms with Crippen LogP contribution in [0.1, 0.15) is 6.92 Å². The maximum Gasteiger partial charge on any atom is 0.338 e. The minimum absolute atomic E-state index is 0.226. The van der Waals surface area contributed by atoms with Gasteiger partial charge < -0.3 is 4.74 Å². The van der Waals surface area contributed by atoms with Gasteiger partial charge in [0.2, 0.25) is 0 Å². The molecular formula is C10H8Cl2O2. The van der Waals surface area contributed by atoms with Gasteiger partial charge in [0.1, 0.15) is 5.02 Å². The van der Waals surface area contributed by atoms with E-state index in [2.05, 4.69) is 6.58 Å². The van der Waals surface area contributed by atoms with E-state index in [-0.39, 0.29) is 10.8 Å². The third kappa shape index (κ3) is 2.50. The lowest BCUT2D eigenvalue weighted by Crippen LogP contribution is -2.08. The van der Waals surface area contributed by atoms with Crippen LogP contribution in [0, 0.1) is 0 Å². The zero-order chi connectivity index (χ0) is 10.7. The number of rotatable bonds is 2. The van der Waals surface area contributed by atoms with Crippen molar-refractivity contribution in [2.75, 3.05) is 0 Å². The largest absolute Gasteiger partial charge is 0.422 e. The molecule has 1 aromatic rings. The normalized spacial score (nSPS) is 9.64. The molecule has 0 aliphatic heterocycles. The van der Waals surface area contributed by atoms with Gasteiger partial charge >= 0.3 is 5.97 Å². The van der Waals surface area contributed by atoms with E-state index in [9.17, 15) is 4.79 Å². The molecule has 0 atom stereocenters. The van der Waals surface area contributed by atoms with Crippen LogP contribution >= 0.6 is 23.2 Å². The maximum absolute atomic E-state index is 11.2. The van der Waals surface area contributed by atoms with Gasteiger partial charge in [-0.2, -0.15) is 0 Å². The Morgan fingerprint density at radius 3 is 2.64 bits per heavy atom. The first-order chi connectivity index (χ1) is 6.52. The van der Waals surface area contributed by atoms with E-state index in [1.54, 1.807) is 25.1 Å². The standard InChI is InChI=1S/C10H8Cl2O2/c1-6(2)10(13)14-8-5-3-4-7(11)9(8)12/h3-5H,1H2,2H3. The summed E-state index contributed by atoms with van der Waals surface area (Å²) < 4.78 is 4.93. The maximum atomic E-state index is 11.2. The number of hydrogen-bond donors (Lipinski definition) is 0. The number of benzene rings is 1. The Hall–Kier alpha value is -0.990. The fourth-order valence-electron chi connectivity index (χ4n) is 0.750. The molecule has 0 bridgehead atoms. The minimum Gasteiger partial charge on any atom is -0.422 e. The fraction of sp³-hybridized carbons (Fsp3) is 0.100. The lowest BCUT2D eigenvalue weighted by molar-refractivity contribution is -0.130. The summed E-state index contributed by atoms with van der Waals surface area (Å²) in [6, 6.07) is 4.83. The van der Waals surface area contributed by atoms with E-state index in [0.29, 0.717) is 10.6 Å². The van der Waals surface area contributed by atoms with Crippen LogP contribution in [-0.2, 0) is 4.79 Å². The van der Waals surface area contributed by atoms with Gasteiger partial charge in [0.25, 0.3) is 0 Å². The van der Waals surface area contributed by atoms with Crippen molar-refractivity contribution >= 4 is 29.2 Å². The topological polar surface area (TPSA) is 26.3 Å². The quantitative estimate of drug-likeness (QED) is 0.442. The van der Waals surface area contributed by atoms with Gasteiger partial charge in [0.05, 0.1) is 5.02 Å². The van der Waals surface area contributed by atoms with Crippen molar-refractivity contribution in [3.63, 3.8) is 0 Å². The number of halogens is 2. The number of ether oxygens (including phenoxy) is 1. The van der Waals surface area contributed by atoms with E-state index in [0.717, 1.165) is 0 Å². The van der Waals surface area contributed by atoms with Crippen molar-refractivity contribution in [1.29, 1.82) is 0 Å². The molecule has 14 heavy (non-hydrogen) atoms. The molecule has 1 aromatic carbocycles. The van der Waals surface area contributed by atoms with E-state index < -0.39 is 5.97 Å². The van der Waals surface area contributed by atoms with Gasteiger partial charge in [0, 0.05) is 5.57 Å². The second kappa shape index (κ2) is 4.49. The Labute approximate surface area is 92.1 Å².